The molecule has 9 aromatic rings. The van der Waals surface area contributed by atoms with Gasteiger partial charge in [0.05, 0.1) is 5.69 Å². The fourth-order valence-electron chi connectivity index (χ4n) is 12.7. The molecule has 0 fully saturated rings. The Balaban J connectivity index is 1.19. The van der Waals surface area contributed by atoms with E-state index >= 15 is 0 Å². The van der Waals surface area contributed by atoms with E-state index in [1.54, 1.807) is 0 Å². The van der Waals surface area contributed by atoms with Crippen LogP contribution in [0.3, 0.4) is 0 Å². The summed E-state index contributed by atoms with van der Waals surface area (Å²) in [7, 11) is 2.46. The van der Waals surface area contributed by atoms with E-state index in [0.717, 1.165) is 114 Å². The van der Waals surface area contributed by atoms with E-state index in [2.05, 4.69) is 242 Å². The van der Waals surface area contributed by atoms with Gasteiger partial charge in [0, 0.05) is 50.4 Å². The van der Waals surface area contributed by atoms with Crippen molar-refractivity contribution in [2.24, 2.45) is 0 Å². The first kappa shape index (κ1) is 47.5. The van der Waals surface area contributed by atoms with Gasteiger partial charge < -0.3 is 14.2 Å². The highest BCUT2D eigenvalue weighted by atomic mass is 16.4. The standard InChI is InChI=1S/C68H72BN2O2/c1-63(2,3)41-24-28-52(70-43-26-27-48-49(36-43)66(9,10)31-30-65(48,7)8)46(35-41)59-58-44-22-18-19-23-55(44)72-57(58)39-54-61(59)69-60-47-37-50-51(68(13,14)33-32-67(50,11)12)38-56(47)73-62(60)71(54)53-29-25-42(64(4,5)6)34-45(53)40-20-16-15-17-21-40/h15-29,34-39,70H,30-33H2,1-14H3. The van der Waals surface area contributed by atoms with Gasteiger partial charge in [-0.1, -0.05) is 164 Å². The number of hydrogen-bond donors (Lipinski definition) is 1. The van der Waals surface area contributed by atoms with Crippen LogP contribution in [-0.4, -0.2) is 7.28 Å². The summed E-state index contributed by atoms with van der Waals surface area (Å²) in [5.41, 5.74) is 21.9. The van der Waals surface area contributed by atoms with Crippen molar-refractivity contribution in [3.63, 3.8) is 0 Å². The van der Waals surface area contributed by atoms with Crippen molar-refractivity contribution in [2.45, 2.75) is 155 Å². The molecule has 0 spiro atoms. The molecule has 0 amide bonds. The number of nitrogens with one attached hydrogen (secondary N) is 1. The summed E-state index contributed by atoms with van der Waals surface area (Å²) in [6.45, 7) is 33.2. The Hall–Kier alpha value is -6.46. The third kappa shape index (κ3) is 7.69. The topological polar surface area (TPSA) is 41.6 Å². The highest BCUT2D eigenvalue weighted by molar-refractivity contribution is 6.76. The van der Waals surface area contributed by atoms with Gasteiger partial charge in [-0.3, -0.25) is 4.90 Å². The fraction of sp³-hybridized carbons (Fsp3) is 0.353. The molecule has 2 aromatic heterocycles. The van der Waals surface area contributed by atoms with Crippen LogP contribution in [0.15, 0.2) is 136 Å². The van der Waals surface area contributed by atoms with E-state index in [9.17, 15) is 0 Å². The third-order valence-corrected chi connectivity index (χ3v) is 17.6. The summed E-state index contributed by atoms with van der Waals surface area (Å²) in [6, 6.07) is 48.0. The number of hydrogen-bond acceptors (Lipinski definition) is 4. The zero-order valence-corrected chi connectivity index (χ0v) is 45.8. The summed E-state index contributed by atoms with van der Waals surface area (Å²) in [5, 5.41) is 7.44. The number of anilines is 5. The molecule has 4 nitrogen and oxygen atoms in total. The molecule has 369 valence electrons. The Labute approximate surface area is 434 Å². The third-order valence-electron chi connectivity index (χ3n) is 17.6. The lowest BCUT2D eigenvalue weighted by atomic mass is 9.57. The summed E-state index contributed by atoms with van der Waals surface area (Å²) < 4.78 is 14.5. The monoisotopic (exact) mass is 960 g/mol. The van der Waals surface area contributed by atoms with Crippen molar-refractivity contribution in [1.29, 1.82) is 0 Å². The number of benzene rings is 7. The van der Waals surface area contributed by atoms with Gasteiger partial charge >= 0.3 is 0 Å². The molecule has 5 heteroatoms. The van der Waals surface area contributed by atoms with Crippen LogP contribution in [-0.2, 0) is 32.5 Å². The van der Waals surface area contributed by atoms with Gasteiger partial charge in [0.1, 0.15) is 16.7 Å². The average Bonchev–Trinajstić information content (AvgIpc) is 3.90. The minimum atomic E-state index is -0.121. The van der Waals surface area contributed by atoms with Gasteiger partial charge in [0.15, 0.2) is 5.88 Å². The van der Waals surface area contributed by atoms with Crippen molar-refractivity contribution < 1.29 is 8.83 Å². The summed E-state index contributed by atoms with van der Waals surface area (Å²) in [5.74, 6) is 0.823. The van der Waals surface area contributed by atoms with E-state index in [-0.39, 0.29) is 32.5 Å². The molecular weight excluding hydrogens is 888 g/mol. The Morgan fingerprint density at radius 1 is 0.479 bits per heavy atom. The molecule has 0 saturated carbocycles. The number of rotatable bonds is 5. The summed E-state index contributed by atoms with van der Waals surface area (Å²) >= 11 is 0. The van der Waals surface area contributed by atoms with E-state index in [4.69, 9.17) is 8.83 Å². The SMILES string of the molecule is CC(C)(C)c1ccc(Nc2ccc3c(c2)C(C)(C)CCC3(C)C)c(-c2c3c(cc4oc5ccccc5c24)N(c2ccc(C(C)(C)C)cc2-c2ccccc2)c2oc4cc5c(cc4c2[B]3)C(C)(C)CCC5(C)C)c1. The molecule has 0 atom stereocenters. The first-order valence-electron chi connectivity index (χ1n) is 26.9. The first-order chi connectivity index (χ1) is 34.4. The fourth-order valence-corrected chi connectivity index (χ4v) is 12.7. The number of para-hydroxylation sites is 1. The molecule has 1 radical (unpaired) electrons. The van der Waals surface area contributed by atoms with E-state index < -0.39 is 0 Å². The molecule has 0 bridgehead atoms. The lowest BCUT2D eigenvalue weighted by molar-refractivity contribution is 0.332. The normalized spacial score (nSPS) is 17.5. The lowest BCUT2D eigenvalue weighted by Gasteiger charge is -2.42. The molecule has 73 heavy (non-hydrogen) atoms. The maximum absolute atomic E-state index is 7.44. The van der Waals surface area contributed by atoms with E-state index in [1.807, 2.05) is 0 Å². The number of fused-ring (bicyclic) bond motifs is 9. The quantitative estimate of drug-likeness (QED) is 0.175. The lowest BCUT2D eigenvalue weighted by Crippen LogP contribution is -2.40. The molecule has 3 heterocycles. The van der Waals surface area contributed by atoms with Gasteiger partial charge in [-0.2, -0.15) is 0 Å². The molecule has 7 aromatic carbocycles. The smallest absolute Gasteiger partial charge is 0.203 e. The van der Waals surface area contributed by atoms with Crippen molar-refractivity contribution in [2.75, 3.05) is 10.2 Å². The maximum Gasteiger partial charge on any atom is 0.203 e. The Bertz CT molecular complexity index is 3710. The minimum absolute atomic E-state index is 0.0153. The van der Waals surface area contributed by atoms with E-state index in [1.165, 1.54) is 39.8 Å². The summed E-state index contributed by atoms with van der Waals surface area (Å²) in [6.07, 6.45) is 4.60. The second kappa shape index (κ2) is 16.0. The van der Waals surface area contributed by atoms with E-state index in [0.29, 0.717) is 0 Å². The second-order valence-corrected chi connectivity index (χ2v) is 26.6. The van der Waals surface area contributed by atoms with Crippen molar-refractivity contribution in [3.05, 3.63) is 161 Å². The predicted octanol–water partition coefficient (Wildman–Crippen LogP) is 18.1. The number of furan rings is 2. The summed E-state index contributed by atoms with van der Waals surface area (Å²) in [4.78, 5) is 2.43. The highest BCUT2D eigenvalue weighted by Gasteiger charge is 2.42. The largest absolute Gasteiger partial charge is 0.456 e. The molecule has 0 unspecified atom stereocenters. The molecule has 3 aliphatic rings. The van der Waals surface area contributed by atoms with Crippen LogP contribution in [0, 0.1) is 0 Å². The molecule has 12 rings (SSSR count). The minimum Gasteiger partial charge on any atom is -0.456 e. The second-order valence-electron chi connectivity index (χ2n) is 26.6. The zero-order valence-electron chi connectivity index (χ0n) is 45.8. The van der Waals surface area contributed by atoms with Gasteiger partial charge in [0.25, 0.3) is 0 Å². The highest BCUT2D eigenvalue weighted by Crippen LogP contribution is 2.53. The first-order valence-corrected chi connectivity index (χ1v) is 26.9. The average molecular weight is 960 g/mol. The zero-order chi connectivity index (χ0) is 51.4. The van der Waals surface area contributed by atoms with Gasteiger partial charge in [-0.25, -0.2) is 0 Å². The molecule has 1 N–H and O–H groups in total. The molecule has 2 aliphatic carbocycles. The van der Waals surface area contributed by atoms with Gasteiger partial charge in [-0.15, -0.1) is 0 Å². The maximum atomic E-state index is 7.44. The Kier molecular flexibility index (Phi) is 10.4. The predicted molar refractivity (Wildman–Crippen MR) is 312 cm³/mol. The van der Waals surface area contributed by atoms with Crippen LogP contribution in [0.1, 0.15) is 156 Å². The number of nitrogens with zero attached hydrogens (tertiary/aromatic N) is 1. The van der Waals surface area contributed by atoms with Crippen LogP contribution in [0.25, 0.3) is 55.2 Å². The van der Waals surface area contributed by atoms with Gasteiger partial charge in [0.2, 0.25) is 7.28 Å². The van der Waals surface area contributed by atoms with Crippen LogP contribution < -0.4 is 21.1 Å². The van der Waals surface area contributed by atoms with Crippen LogP contribution in [0.4, 0.5) is 28.6 Å². The van der Waals surface area contributed by atoms with Crippen LogP contribution in [0.5, 0.6) is 0 Å². The molecule has 1 aliphatic heterocycles. The van der Waals surface area contributed by atoms with Crippen molar-refractivity contribution in [3.8, 4) is 22.3 Å². The Morgan fingerprint density at radius 2 is 1.07 bits per heavy atom. The molecule has 0 saturated heterocycles. The Morgan fingerprint density at radius 3 is 1.74 bits per heavy atom. The molecular formula is C68H72BN2O2. The van der Waals surface area contributed by atoms with Crippen LogP contribution in [0.2, 0.25) is 0 Å². The van der Waals surface area contributed by atoms with Crippen molar-refractivity contribution in [1.82, 2.24) is 0 Å². The van der Waals surface area contributed by atoms with Crippen LogP contribution >= 0.6 is 0 Å². The van der Waals surface area contributed by atoms with Gasteiger partial charge in [-0.05, 0) is 168 Å². The van der Waals surface area contributed by atoms with Crippen molar-refractivity contribution >= 4 is 79.7 Å².